The lowest BCUT2D eigenvalue weighted by Gasteiger charge is -2.33. The van der Waals surface area contributed by atoms with E-state index >= 15 is 0 Å². The van der Waals surface area contributed by atoms with Crippen LogP contribution < -0.4 is 0 Å². The molecule has 2 N–H and O–H groups in total. The third-order valence-corrected chi connectivity index (χ3v) is 7.39. The van der Waals surface area contributed by atoms with Gasteiger partial charge in [0, 0.05) is 5.75 Å². The van der Waals surface area contributed by atoms with Crippen molar-refractivity contribution in [3.8, 4) is 5.75 Å². The fourth-order valence-electron chi connectivity index (χ4n) is 3.87. The van der Waals surface area contributed by atoms with Gasteiger partial charge in [-0.2, -0.15) is 0 Å². The monoisotopic (exact) mass is 422 g/mol. The molecule has 29 heavy (non-hydrogen) atoms. The molecule has 1 unspecified atom stereocenters. The van der Waals surface area contributed by atoms with Crippen LogP contribution in [-0.2, 0) is 21.4 Å². The summed E-state index contributed by atoms with van der Waals surface area (Å²) in [6, 6.07) is 3.72. The zero-order valence-electron chi connectivity index (χ0n) is 19.8. The molecule has 1 aromatic rings. The molecule has 0 aliphatic carbocycles. The Kier molecular flexibility index (Phi) is 9.13. The molecule has 0 spiro atoms. The molecule has 0 amide bonds. The summed E-state index contributed by atoms with van der Waals surface area (Å²) in [6.45, 7) is 17.1. The van der Waals surface area contributed by atoms with E-state index in [1.807, 2.05) is 19.1 Å². The number of rotatable bonds is 10. The van der Waals surface area contributed by atoms with Crippen molar-refractivity contribution in [2.24, 2.45) is 0 Å². The van der Waals surface area contributed by atoms with Gasteiger partial charge < -0.3 is 10.2 Å². The lowest BCUT2D eigenvalue weighted by molar-refractivity contribution is -0.140. The van der Waals surface area contributed by atoms with Gasteiger partial charge >= 0.3 is 5.97 Å². The highest BCUT2D eigenvalue weighted by molar-refractivity contribution is 8.00. The zero-order chi connectivity index (χ0) is 22.5. The van der Waals surface area contributed by atoms with E-state index in [-0.39, 0.29) is 16.6 Å². The average molecular weight is 423 g/mol. The first-order valence-corrected chi connectivity index (χ1v) is 12.0. The lowest BCUT2D eigenvalue weighted by Crippen LogP contribution is -2.35. The number of thioether (sulfide) groups is 1. The van der Waals surface area contributed by atoms with Crippen LogP contribution in [0, 0.1) is 0 Å². The summed E-state index contributed by atoms with van der Waals surface area (Å²) < 4.78 is -0.754. The fourth-order valence-corrected chi connectivity index (χ4v) is 5.22. The van der Waals surface area contributed by atoms with Gasteiger partial charge in [0.1, 0.15) is 10.5 Å². The molecule has 1 rings (SSSR count). The second-order valence-electron chi connectivity index (χ2n) is 10.3. The molecule has 0 aromatic heterocycles. The normalized spacial score (nSPS) is 14.6. The summed E-state index contributed by atoms with van der Waals surface area (Å²) >= 11 is 1.57. The molecule has 0 saturated heterocycles. The summed E-state index contributed by atoms with van der Waals surface area (Å²) in [6.07, 6.45) is 5.67. The van der Waals surface area contributed by atoms with Gasteiger partial charge in [-0.15, -0.1) is 11.8 Å². The third kappa shape index (κ3) is 6.94. The Balaban J connectivity index is 3.33. The molecular weight excluding hydrogens is 380 g/mol. The van der Waals surface area contributed by atoms with Crippen molar-refractivity contribution < 1.29 is 15.0 Å². The van der Waals surface area contributed by atoms with Gasteiger partial charge in [0.05, 0.1) is 0 Å². The van der Waals surface area contributed by atoms with Crippen LogP contribution in [0.4, 0.5) is 0 Å². The molecule has 0 radical (unpaired) electrons. The first kappa shape index (κ1) is 25.9. The number of aromatic hydroxyl groups is 1. The number of hydrogen-bond acceptors (Lipinski definition) is 3. The third-order valence-electron chi connectivity index (χ3n) is 5.74. The number of unbranched alkanes of at least 4 members (excludes halogenated alkanes) is 3. The molecular formula is C25H42O3S. The van der Waals surface area contributed by atoms with Crippen molar-refractivity contribution >= 4 is 17.7 Å². The van der Waals surface area contributed by atoms with E-state index in [1.54, 1.807) is 11.8 Å². The maximum atomic E-state index is 12.3. The van der Waals surface area contributed by atoms with E-state index in [2.05, 4.69) is 48.5 Å². The minimum atomic E-state index is -0.754. The molecule has 4 heteroatoms. The van der Waals surface area contributed by atoms with E-state index in [0.717, 1.165) is 36.8 Å². The minimum absolute atomic E-state index is 0.131. The largest absolute Gasteiger partial charge is 0.508 e. The standard InChI is InChI=1S/C25H42O3S/c1-9-11-12-13-14-25(10-2,22(27)28)29-17-19-20(23(3,4)5)15-18(26)16-21(19)24(6,7)8/h15-16,26H,9-14,17H2,1-8H3,(H,27,28). The number of carbonyl (C=O) groups is 1. The van der Waals surface area contributed by atoms with Crippen LogP contribution in [-0.4, -0.2) is 20.9 Å². The molecule has 1 atom stereocenters. The maximum absolute atomic E-state index is 12.3. The van der Waals surface area contributed by atoms with Crippen molar-refractivity contribution in [2.45, 2.75) is 115 Å². The van der Waals surface area contributed by atoms with Gasteiger partial charge in [0.25, 0.3) is 0 Å². The molecule has 0 bridgehead atoms. The first-order chi connectivity index (χ1) is 13.3. The predicted octanol–water partition coefficient (Wildman–Crippen LogP) is 7.42. The van der Waals surface area contributed by atoms with Crippen LogP contribution >= 0.6 is 11.8 Å². The first-order valence-electron chi connectivity index (χ1n) is 11.0. The van der Waals surface area contributed by atoms with Gasteiger partial charge in [-0.05, 0) is 52.5 Å². The van der Waals surface area contributed by atoms with Gasteiger partial charge in [0.2, 0.25) is 0 Å². The number of phenols is 1. The van der Waals surface area contributed by atoms with Crippen LogP contribution in [0.3, 0.4) is 0 Å². The van der Waals surface area contributed by atoms with Crippen molar-refractivity contribution in [3.63, 3.8) is 0 Å². The van der Waals surface area contributed by atoms with Gasteiger partial charge in [-0.1, -0.05) is 81.1 Å². The van der Waals surface area contributed by atoms with Gasteiger partial charge in [-0.25, -0.2) is 0 Å². The Morgan fingerprint density at radius 3 is 1.83 bits per heavy atom. The number of aliphatic carboxylic acids is 1. The highest BCUT2D eigenvalue weighted by Gasteiger charge is 2.38. The number of hydrogen-bond donors (Lipinski definition) is 2. The van der Waals surface area contributed by atoms with Crippen molar-refractivity contribution in [3.05, 3.63) is 28.8 Å². The van der Waals surface area contributed by atoms with Crippen molar-refractivity contribution in [2.75, 3.05) is 0 Å². The van der Waals surface area contributed by atoms with Gasteiger partial charge in [-0.3, -0.25) is 4.79 Å². The van der Waals surface area contributed by atoms with Crippen molar-refractivity contribution in [1.82, 2.24) is 0 Å². The van der Waals surface area contributed by atoms with E-state index in [4.69, 9.17) is 0 Å². The molecule has 3 nitrogen and oxygen atoms in total. The van der Waals surface area contributed by atoms with Crippen LogP contribution in [0.2, 0.25) is 0 Å². The van der Waals surface area contributed by atoms with E-state index in [9.17, 15) is 15.0 Å². The van der Waals surface area contributed by atoms with Crippen LogP contribution in [0.15, 0.2) is 12.1 Å². The topological polar surface area (TPSA) is 57.5 Å². The molecule has 0 fully saturated rings. The molecule has 0 aliphatic heterocycles. The van der Waals surface area contributed by atoms with Crippen LogP contribution in [0.5, 0.6) is 5.75 Å². The highest BCUT2D eigenvalue weighted by Crippen LogP contribution is 2.43. The van der Waals surface area contributed by atoms with Crippen molar-refractivity contribution in [1.29, 1.82) is 0 Å². The Labute approximate surface area is 182 Å². The maximum Gasteiger partial charge on any atom is 0.319 e. The van der Waals surface area contributed by atoms with Crippen LogP contribution in [0.1, 0.15) is 111 Å². The second-order valence-corrected chi connectivity index (χ2v) is 11.6. The molecule has 166 valence electrons. The number of carboxylic acids is 1. The molecule has 1 aromatic carbocycles. The molecule has 0 heterocycles. The Morgan fingerprint density at radius 1 is 0.931 bits per heavy atom. The quantitative estimate of drug-likeness (QED) is 0.385. The summed E-state index contributed by atoms with van der Waals surface area (Å²) in [5.74, 6) is 0.232. The predicted molar refractivity (Wildman–Crippen MR) is 126 cm³/mol. The number of benzene rings is 1. The summed E-state index contributed by atoms with van der Waals surface area (Å²) in [4.78, 5) is 12.3. The zero-order valence-corrected chi connectivity index (χ0v) is 20.6. The average Bonchev–Trinajstić information content (AvgIpc) is 2.59. The lowest BCUT2D eigenvalue weighted by atomic mass is 9.76. The summed E-state index contributed by atoms with van der Waals surface area (Å²) in [5.41, 5.74) is 3.13. The van der Waals surface area contributed by atoms with Gasteiger partial charge in [0.15, 0.2) is 0 Å². The van der Waals surface area contributed by atoms with Crippen LogP contribution in [0.25, 0.3) is 0 Å². The second kappa shape index (κ2) is 10.2. The Bertz CT molecular complexity index is 647. The minimum Gasteiger partial charge on any atom is -0.508 e. The van der Waals surface area contributed by atoms with E-state index in [0.29, 0.717) is 18.6 Å². The fraction of sp³-hybridized carbons (Fsp3) is 0.720. The molecule has 0 aliphatic rings. The summed E-state index contributed by atoms with van der Waals surface area (Å²) in [5, 5.41) is 20.5. The Morgan fingerprint density at radius 2 is 1.45 bits per heavy atom. The Hall–Kier alpha value is -1.16. The SMILES string of the molecule is CCCCCCC(CC)(SCc1c(C(C)(C)C)cc(O)cc1C(C)(C)C)C(=O)O. The molecule has 0 saturated carbocycles. The van der Waals surface area contributed by atoms with E-state index in [1.165, 1.54) is 5.56 Å². The highest BCUT2D eigenvalue weighted by atomic mass is 32.2. The number of phenolic OH excluding ortho intramolecular Hbond substituents is 1. The number of carboxylic acid groups (broad SMARTS) is 1. The van der Waals surface area contributed by atoms with E-state index < -0.39 is 10.7 Å². The smallest absolute Gasteiger partial charge is 0.319 e. The summed E-state index contributed by atoms with van der Waals surface area (Å²) in [7, 11) is 0.